The molecule has 5 rings (SSSR count). The van der Waals surface area contributed by atoms with E-state index in [-0.39, 0.29) is 5.95 Å². The normalized spacial score (nSPS) is 13.2. The van der Waals surface area contributed by atoms with Crippen LogP contribution in [0.15, 0.2) is 53.9 Å². The quantitative estimate of drug-likeness (QED) is 0.494. The minimum Gasteiger partial charge on any atom is -0.292 e. The van der Waals surface area contributed by atoms with Crippen LogP contribution in [0.1, 0.15) is 20.7 Å². The number of aromatic nitrogens is 3. The molecule has 10 heteroatoms. The maximum atomic E-state index is 12.4. The molecule has 4 aromatic rings. The van der Waals surface area contributed by atoms with Gasteiger partial charge < -0.3 is 0 Å². The number of rotatable bonds is 4. The molecule has 0 saturated carbocycles. The number of carbonyl (C=O) groups excluding carboxylic acids is 3. The number of nitrogens with zero attached hydrogens (tertiary/aromatic N) is 4. The summed E-state index contributed by atoms with van der Waals surface area (Å²) in [5, 5.41) is 9.42. The third-order valence-electron chi connectivity index (χ3n) is 4.65. The Bertz CT molecular complexity index is 1290. The van der Waals surface area contributed by atoms with Crippen LogP contribution in [0.3, 0.4) is 0 Å². The summed E-state index contributed by atoms with van der Waals surface area (Å²) in [6.07, 6.45) is 0. The molecule has 0 spiro atoms. The van der Waals surface area contributed by atoms with E-state index in [4.69, 9.17) is 11.6 Å². The number of fused-ring (bicyclic) bond motifs is 2. The summed E-state index contributed by atoms with van der Waals surface area (Å²) in [7, 11) is 0. The summed E-state index contributed by atoms with van der Waals surface area (Å²) in [5.41, 5.74) is 2.30. The molecular formula is C20H12ClN5O3S. The highest BCUT2D eigenvalue weighted by Crippen LogP contribution is 2.27. The highest BCUT2D eigenvalue weighted by Gasteiger charge is 2.36. The summed E-state index contributed by atoms with van der Waals surface area (Å²) in [5.74, 6) is -1.45. The third-order valence-corrected chi connectivity index (χ3v) is 5.72. The van der Waals surface area contributed by atoms with Crippen LogP contribution in [0.5, 0.6) is 0 Å². The van der Waals surface area contributed by atoms with Gasteiger partial charge in [-0.05, 0) is 24.3 Å². The van der Waals surface area contributed by atoms with Gasteiger partial charge in [-0.3, -0.25) is 24.6 Å². The lowest BCUT2D eigenvalue weighted by atomic mass is 10.1. The zero-order chi connectivity index (χ0) is 20.8. The number of hydrogen-bond donors (Lipinski definition) is 1. The van der Waals surface area contributed by atoms with Crippen molar-refractivity contribution in [3.05, 3.63) is 70.1 Å². The third kappa shape index (κ3) is 3.04. The number of imide groups is 1. The fourth-order valence-electron chi connectivity index (χ4n) is 3.24. The second-order valence-corrected chi connectivity index (χ2v) is 7.82. The van der Waals surface area contributed by atoms with E-state index in [0.29, 0.717) is 21.1 Å². The van der Waals surface area contributed by atoms with Gasteiger partial charge in [0.2, 0.25) is 10.9 Å². The first-order valence-corrected chi connectivity index (χ1v) is 10.1. The molecule has 0 fully saturated rings. The number of thiazole rings is 1. The van der Waals surface area contributed by atoms with Crippen molar-refractivity contribution in [2.75, 3.05) is 11.9 Å². The molecule has 3 heterocycles. The molecule has 3 amide bonds. The second kappa shape index (κ2) is 7.05. The minimum absolute atomic E-state index is 0.0960. The minimum atomic E-state index is -0.559. The Morgan fingerprint density at radius 1 is 1.03 bits per heavy atom. The molecule has 1 N–H and O–H groups in total. The molecule has 1 aliphatic rings. The summed E-state index contributed by atoms with van der Waals surface area (Å²) in [6, 6.07) is 13.8. The molecule has 0 unspecified atom stereocenters. The first-order valence-electron chi connectivity index (χ1n) is 8.86. The van der Waals surface area contributed by atoms with Crippen LogP contribution >= 0.6 is 22.9 Å². The number of carbonyl (C=O) groups is 3. The first kappa shape index (κ1) is 18.5. The fourth-order valence-corrected chi connectivity index (χ4v) is 4.20. The van der Waals surface area contributed by atoms with Gasteiger partial charge in [0.05, 0.1) is 16.8 Å². The molecule has 0 radical (unpaired) electrons. The van der Waals surface area contributed by atoms with Gasteiger partial charge >= 0.3 is 0 Å². The Hall–Kier alpha value is -3.56. The monoisotopic (exact) mass is 437 g/mol. The highest BCUT2D eigenvalue weighted by atomic mass is 35.5. The molecular weight excluding hydrogens is 426 g/mol. The molecule has 0 bridgehead atoms. The van der Waals surface area contributed by atoms with E-state index in [2.05, 4.69) is 15.4 Å². The van der Waals surface area contributed by atoms with Crippen molar-refractivity contribution in [3.8, 4) is 11.3 Å². The number of halogens is 1. The average molecular weight is 438 g/mol. The Morgan fingerprint density at radius 2 is 1.70 bits per heavy atom. The Labute approximate surface area is 178 Å². The molecule has 2 aromatic carbocycles. The number of hydrogen-bond acceptors (Lipinski definition) is 6. The number of nitrogens with one attached hydrogen (secondary N) is 1. The van der Waals surface area contributed by atoms with Gasteiger partial charge in [0.1, 0.15) is 6.54 Å². The maximum Gasteiger partial charge on any atom is 0.262 e. The predicted molar refractivity (Wildman–Crippen MR) is 112 cm³/mol. The topological polar surface area (TPSA) is 96.7 Å². The van der Waals surface area contributed by atoms with E-state index >= 15 is 0 Å². The molecule has 148 valence electrons. The van der Waals surface area contributed by atoms with Crippen LogP contribution < -0.4 is 5.32 Å². The molecule has 0 atom stereocenters. The Balaban J connectivity index is 1.34. The maximum absolute atomic E-state index is 12.4. The van der Waals surface area contributed by atoms with Crippen LogP contribution in [-0.4, -0.2) is 43.8 Å². The molecule has 0 aliphatic carbocycles. The van der Waals surface area contributed by atoms with E-state index in [9.17, 15) is 14.4 Å². The standard InChI is InChI=1S/C20H12ClN5O3S/c21-12-7-5-11(6-8-12)15-10-30-20-23-19(24-26(15)20)22-16(27)9-25-17(28)13-3-1-2-4-14(13)18(25)29/h1-8,10H,9H2,(H,22,24,27). The molecule has 2 aromatic heterocycles. The summed E-state index contributed by atoms with van der Waals surface area (Å²) < 4.78 is 1.62. The summed E-state index contributed by atoms with van der Waals surface area (Å²) in [4.78, 5) is 43.0. The second-order valence-electron chi connectivity index (χ2n) is 6.55. The van der Waals surface area contributed by atoms with E-state index in [1.165, 1.54) is 11.3 Å². The first-order chi connectivity index (χ1) is 14.5. The van der Waals surface area contributed by atoms with Crippen LogP contribution in [0.4, 0.5) is 5.95 Å². The Morgan fingerprint density at radius 3 is 2.37 bits per heavy atom. The molecule has 1 aliphatic heterocycles. The zero-order valence-electron chi connectivity index (χ0n) is 15.2. The van der Waals surface area contributed by atoms with Crippen molar-refractivity contribution in [1.29, 1.82) is 0 Å². The van der Waals surface area contributed by atoms with E-state index < -0.39 is 24.3 Å². The van der Waals surface area contributed by atoms with Crippen molar-refractivity contribution in [2.45, 2.75) is 0 Å². The number of amides is 3. The van der Waals surface area contributed by atoms with Crippen molar-refractivity contribution >= 4 is 51.6 Å². The average Bonchev–Trinajstić information content (AvgIpc) is 3.38. The highest BCUT2D eigenvalue weighted by molar-refractivity contribution is 7.15. The van der Waals surface area contributed by atoms with Gasteiger partial charge in [0.15, 0.2) is 0 Å². The van der Waals surface area contributed by atoms with Gasteiger partial charge in [-0.1, -0.05) is 35.9 Å². The van der Waals surface area contributed by atoms with E-state index in [1.54, 1.807) is 40.9 Å². The van der Waals surface area contributed by atoms with Gasteiger partial charge in [0, 0.05) is 16.0 Å². The van der Waals surface area contributed by atoms with Crippen molar-refractivity contribution < 1.29 is 14.4 Å². The zero-order valence-corrected chi connectivity index (χ0v) is 16.8. The van der Waals surface area contributed by atoms with Gasteiger partial charge in [-0.2, -0.15) is 4.98 Å². The van der Waals surface area contributed by atoms with E-state index in [1.807, 2.05) is 17.5 Å². The van der Waals surface area contributed by atoms with Gasteiger partial charge in [0.25, 0.3) is 17.8 Å². The largest absolute Gasteiger partial charge is 0.292 e. The molecule has 0 saturated heterocycles. The van der Waals surface area contributed by atoms with E-state index in [0.717, 1.165) is 16.2 Å². The van der Waals surface area contributed by atoms with Crippen LogP contribution in [0.25, 0.3) is 16.2 Å². The van der Waals surface area contributed by atoms with Crippen LogP contribution in [0.2, 0.25) is 5.02 Å². The lowest BCUT2D eigenvalue weighted by Crippen LogP contribution is -2.37. The van der Waals surface area contributed by atoms with Crippen molar-refractivity contribution in [1.82, 2.24) is 19.5 Å². The smallest absolute Gasteiger partial charge is 0.262 e. The van der Waals surface area contributed by atoms with Gasteiger partial charge in [-0.25, -0.2) is 4.52 Å². The lowest BCUT2D eigenvalue weighted by molar-refractivity contribution is -0.116. The fraction of sp³-hybridized carbons (Fsp3) is 0.0500. The van der Waals surface area contributed by atoms with Crippen LogP contribution in [-0.2, 0) is 4.79 Å². The van der Waals surface area contributed by atoms with Crippen molar-refractivity contribution in [3.63, 3.8) is 0 Å². The van der Waals surface area contributed by atoms with Crippen molar-refractivity contribution in [2.24, 2.45) is 0 Å². The summed E-state index contributed by atoms with van der Waals surface area (Å²) in [6.45, 7) is -0.413. The molecule has 8 nitrogen and oxygen atoms in total. The Kier molecular flexibility index (Phi) is 4.34. The lowest BCUT2D eigenvalue weighted by Gasteiger charge is -2.12. The number of benzene rings is 2. The predicted octanol–water partition coefficient (Wildman–Crippen LogP) is 3.35. The van der Waals surface area contributed by atoms with Gasteiger partial charge in [-0.15, -0.1) is 16.4 Å². The molecule has 30 heavy (non-hydrogen) atoms. The van der Waals surface area contributed by atoms with Crippen LogP contribution in [0, 0.1) is 0 Å². The SMILES string of the molecule is O=C(CN1C(=O)c2ccccc2C1=O)Nc1nc2scc(-c3ccc(Cl)cc3)n2n1. The number of anilines is 1. The summed E-state index contributed by atoms with van der Waals surface area (Å²) >= 11 is 7.31.